The molecule has 2 N–H and O–H groups in total. The first-order chi connectivity index (χ1) is 8.19. The number of hydrogen-bond donors (Lipinski definition) is 1. The molecule has 0 radical (unpaired) electrons. The van der Waals surface area contributed by atoms with Crippen LogP contribution < -0.4 is 5.73 Å². The molecule has 7 heteroatoms. The van der Waals surface area contributed by atoms with Crippen molar-refractivity contribution in [1.29, 1.82) is 0 Å². The summed E-state index contributed by atoms with van der Waals surface area (Å²) in [6.07, 6.45) is -0.741. The Morgan fingerprint density at radius 3 is 2.67 bits per heavy atom. The second-order valence-electron chi connectivity index (χ2n) is 4.96. The average molecular weight is 261 g/mol. The van der Waals surface area contributed by atoms with Crippen molar-refractivity contribution >= 4 is 6.09 Å². The van der Waals surface area contributed by atoms with E-state index in [2.05, 4.69) is 4.98 Å². The Morgan fingerprint density at radius 1 is 1.56 bits per heavy atom. The largest absolute Gasteiger partial charge is 0.443 e. The van der Waals surface area contributed by atoms with Gasteiger partial charge in [0.05, 0.1) is 11.7 Å². The van der Waals surface area contributed by atoms with Gasteiger partial charge in [-0.05, 0) is 20.8 Å². The number of ether oxygens (including phenoxy) is 1. The molecule has 0 bridgehead atoms. The normalized spacial score (nSPS) is 13.7. The van der Waals surface area contributed by atoms with E-state index in [1.165, 1.54) is 12.5 Å². The van der Waals surface area contributed by atoms with Crippen molar-refractivity contribution in [3.8, 4) is 0 Å². The molecule has 0 aliphatic carbocycles. The first-order valence-corrected chi connectivity index (χ1v) is 5.49. The Balaban J connectivity index is 2.66. The lowest BCUT2D eigenvalue weighted by Gasteiger charge is -2.19. The Morgan fingerprint density at radius 2 is 2.17 bits per heavy atom. The Hall–Kier alpha value is -1.50. The number of aromatic nitrogens is 2. The van der Waals surface area contributed by atoms with Crippen molar-refractivity contribution < 1.29 is 18.3 Å². The van der Waals surface area contributed by atoms with Crippen LogP contribution in [0.25, 0.3) is 0 Å². The molecule has 18 heavy (non-hydrogen) atoms. The first-order valence-electron chi connectivity index (χ1n) is 5.49. The van der Waals surface area contributed by atoms with E-state index in [1.807, 2.05) is 0 Å². The van der Waals surface area contributed by atoms with E-state index < -0.39 is 24.2 Å². The van der Waals surface area contributed by atoms with Crippen molar-refractivity contribution in [1.82, 2.24) is 9.55 Å². The lowest BCUT2D eigenvalue weighted by atomic mass is 10.2. The first kappa shape index (κ1) is 14.6. The average Bonchev–Trinajstić information content (AvgIpc) is 2.63. The standard InChI is InChI=1S/C11H17F2N3O2/c1-11(2,3)18-10(17)16-5-7(15-6-16)4-8(14)9(12)13/h5-6,8-9H,4,14H2,1-3H3. The molecule has 5 nitrogen and oxygen atoms in total. The Bertz CT molecular complexity index is 413. The van der Waals surface area contributed by atoms with Crippen LogP contribution in [0.15, 0.2) is 12.5 Å². The van der Waals surface area contributed by atoms with Gasteiger partial charge in [-0.1, -0.05) is 0 Å². The molecule has 0 spiro atoms. The van der Waals surface area contributed by atoms with Crippen LogP contribution in [-0.2, 0) is 11.2 Å². The molecule has 0 aromatic carbocycles. The SMILES string of the molecule is CC(C)(C)OC(=O)n1cnc(CC(N)C(F)F)c1. The number of carbonyl (C=O) groups excluding carboxylic acids is 1. The lowest BCUT2D eigenvalue weighted by molar-refractivity contribution is 0.0536. The summed E-state index contributed by atoms with van der Waals surface area (Å²) in [5.74, 6) is 0. The summed E-state index contributed by atoms with van der Waals surface area (Å²) in [6, 6.07) is -1.29. The van der Waals surface area contributed by atoms with Crippen molar-refractivity contribution in [3.05, 3.63) is 18.2 Å². The molecule has 1 aromatic rings. The molecule has 1 rings (SSSR count). The van der Waals surface area contributed by atoms with Gasteiger partial charge in [-0.25, -0.2) is 23.1 Å². The quantitative estimate of drug-likeness (QED) is 0.900. The van der Waals surface area contributed by atoms with Crippen molar-refractivity contribution in [3.63, 3.8) is 0 Å². The molecule has 1 aromatic heterocycles. The van der Waals surface area contributed by atoms with Crippen molar-refractivity contribution in [2.75, 3.05) is 0 Å². The van der Waals surface area contributed by atoms with Crippen LogP contribution >= 0.6 is 0 Å². The van der Waals surface area contributed by atoms with E-state index >= 15 is 0 Å². The smallest absolute Gasteiger partial charge is 0.419 e. The second kappa shape index (κ2) is 5.43. The number of alkyl halides is 2. The Labute approximate surface area is 104 Å². The van der Waals surface area contributed by atoms with Gasteiger partial charge in [0.25, 0.3) is 6.43 Å². The van der Waals surface area contributed by atoms with Gasteiger partial charge in [-0.15, -0.1) is 0 Å². The number of nitrogens with zero attached hydrogens (tertiary/aromatic N) is 2. The number of carbonyl (C=O) groups is 1. The summed E-state index contributed by atoms with van der Waals surface area (Å²) < 4.78 is 30.7. The minimum Gasteiger partial charge on any atom is -0.443 e. The molecule has 0 aliphatic rings. The zero-order valence-electron chi connectivity index (χ0n) is 10.6. The van der Waals surface area contributed by atoms with Crippen LogP contribution in [0, 0.1) is 0 Å². The molecule has 1 atom stereocenters. The summed E-state index contributed by atoms with van der Waals surface area (Å²) in [6.45, 7) is 5.19. The van der Waals surface area contributed by atoms with E-state index in [1.54, 1.807) is 20.8 Å². The number of hydrogen-bond acceptors (Lipinski definition) is 4. The minimum atomic E-state index is -2.61. The monoisotopic (exact) mass is 261 g/mol. The summed E-state index contributed by atoms with van der Waals surface area (Å²) in [5, 5.41) is 0. The van der Waals surface area contributed by atoms with E-state index in [4.69, 9.17) is 10.5 Å². The molecule has 1 heterocycles. The van der Waals surface area contributed by atoms with E-state index in [9.17, 15) is 13.6 Å². The highest BCUT2D eigenvalue weighted by molar-refractivity contribution is 5.70. The highest BCUT2D eigenvalue weighted by Crippen LogP contribution is 2.10. The molecule has 0 fully saturated rings. The zero-order chi connectivity index (χ0) is 13.9. The molecular weight excluding hydrogens is 244 g/mol. The molecule has 0 saturated heterocycles. The van der Waals surface area contributed by atoms with Gasteiger partial charge in [0.2, 0.25) is 0 Å². The van der Waals surface area contributed by atoms with Crippen LogP contribution in [0.3, 0.4) is 0 Å². The number of imidazole rings is 1. The van der Waals surface area contributed by atoms with Gasteiger partial charge in [0, 0.05) is 12.6 Å². The molecule has 0 saturated carbocycles. The summed E-state index contributed by atoms with van der Waals surface area (Å²) >= 11 is 0. The third-order valence-corrected chi connectivity index (χ3v) is 2.01. The molecule has 0 amide bonds. The van der Waals surface area contributed by atoms with Crippen molar-refractivity contribution in [2.45, 2.75) is 45.3 Å². The third-order valence-electron chi connectivity index (χ3n) is 2.01. The van der Waals surface area contributed by atoms with Crippen LogP contribution in [0.4, 0.5) is 13.6 Å². The zero-order valence-corrected chi connectivity index (χ0v) is 10.6. The molecule has 102 valence electrons. The van der Waals surface area contributed by atoms with E-state index in [0.29, 0.717) is 5.69 Å². The van der Waals surface area contributed by atoms with Gasteiger partial charge < -0.3 is 10.5 Å². The summed E-state index contributed by atoms with van der Waals surface area (Å²) in [7, 11) is 0. The van der Waals surface area contributed by atoms with Crippen molar-refractivity contribution in [2.24, 2.45) is 5.73 Å². The van der Waals surface area contributed by atoms with E-state index in [0.717, 1.165) is 4.57 Å². The molecule has 1 unspecified atom stereocenters. The van der Waals surface area contributed by atoms with Crippen LogP contribution in [0.1, 0.15) is 26.5 Å². The maximum Gasteiger partial charge on any atom is 0.419 e. The lowest BCUT2D eigenvalue weighted by Crippen LogP contribution is -2.31. The fourth-order valence-electron chi connectivity index (χ4n) is 1.21. The van der Waals surface area contributed by atoms with Gasteiger partial charge in [0.1, 0.15) is 11.9 Å². The maximum absolute atomic E-state index is 12.3. The van der Waals surface area contributed by atoms with Gasteiger partial charge in [-0.3, -0.25) is 0 Å². The maximum atomic E-state index is 12.3. The van der Waals surface area contributed by atoms with Gasteiger partial charge in [0.15, 0.2) is 0 Å². The Kier molecular flexibility index (Phi) is 4.39. The fourth-order valence-corrected chi connectivity index (χ4v) is 1.21. The van der Waals surface area contributed by atoms with Crippen LogP contribution in [0.2, 0.25) is 0 Å². The fraction of sp³-hybridized carbons (Fsp3) is 0.636. The highest BCUT2D eigenvalue weighted by atomic mass is 19.3. The van der Waals surface area contributed by atoms with Gasteiger partial charge in [-0.2, -0.15) is 0 Å². The van der Waals surface area contributed by atoms with Gasteiger partial charge >= 0.3 is 6.09 Å². The van der Waals surface area contributed by atoms with Crippen LogP contribution in [0.5, 0.6) is 0 Å². The summed E-state index contributed by atoms with van der Waals surface area (Å²) in [4.78, 5) is 15.5. The predicted octanol–water partition coefficient (Wildman–Crippen LogP) is 1.80. The second-order valence-corrected chi connectivity index (χ2v) is 4.96. The summed E-state index contributed by atoms with van der Waals surface area (Å²) in [5.41, 5.74) is 4.92. The number of halogens is 2. The number of nitrogens with two attached hydrogens (primary N) is 1. The molecule has 0 aliphatic heterocycles. The number of rotatable bonds is 3. The molecular formula is C11H17F2N3O2. The third kappa shape index (κ3) is 4.40. The predicted molar refractivity (Wildman–Crippen MR) is 61.5 cm³/mol. The minimum absolute atomic E-state index is 0.0898. The van der Waals surface area contributed by atoms with Crippen LogP contribution in [-0.4, -0.2) is 33.7 Å². The topological polar surface area (TPSA) is 70.1 Å². The highest BCUT2D eigenvalue weighted by Gasteiger charge is 2.20. The van der Waals surface area contributed by atoms with E-state index in [-0.39, 0.29) is 6.42 Å².